The predicted octanol–water partition coefficient (Wildman–Crippen LogP) is 3.46. The third-order valence-corrected chi connectivity index (χ3v) is 6.37. The van der Waals surface area contributed by atoms with Crippen molar-refractivity contribution in [2.75, 3.05) is 5.75 Å². The molecule has 2 N–H and O–H groups in total. The zero-order valence-electron chi connectivity index (χ0n) is 17.7. The second-order valence-electron chi connectivity index (χ2n) is 7.68. The highest BCUT2D eigenvalue weighted by Crippen LogP contribution is 2.25. The molecule has 9 heteroatoms. The van der Waals surface area contributed by atoms with E-state index in [4.69, 9.17) is 0 Å². The third-order valence-electron chi connectivity index (χ3n) is 5.39. The number of imidazole rings is 1. The molecule has 1 aromatic carbocycles. The molecular weight excluding hydrogens is 402 g/mol. The van der Waals surface area contributed by atoms with E-state index in [9.17, 15) is 14.4 Å². The van der Waals surface area contributed by atoms with Crippen molar-refractivity contribution in [1.29, 1.82) is 0 Å². The van der Waals surface area contributed by atoms with Crippen LogP contribution in [-0.4, -0.2) is 43.7 Å². The van der Waals surface area contributed by atoms with Gasteiger partial charge < -0.3 is 9.88 Å². The normalized spacial score (nSPS) is 18.8. The molecule has 0 bridgehead atoms. The van der Waals surface area contributed by atoms with E-state index in [0.29, 0.717) is 6.42 Å². The largest absolute Gasteiger partial charge is 0.344 e. The van der Waals surface area contributed by atoms with Crippen LogP contribution in [-0.2, 0) is 16.1 Å². The van der Waals surface area contributed by atoms with Gasteiger partial charge in [0.05, 0.1) is 16.8 Å². The average Bonchev–Trinajstić information content (AvgIpc) is 3.19. The lowest BCUT2D eigenvalue weighted by Crippen LogP contribution is -2.49. The number of aromatic nitrogens is 2. The lowest BCUT2D eigenvalue weighted by atomic mass is 10.00. The molecule has 1 aromatic heterocycles. The highest BCUT2D eigenvalue weighted by Gasteiger charge is 2.47. The van der Waals surface area contributed by atoms with Gasteiger partial charge in [-0.25, -0.2) is 9.78 Å². The fraction of sp³-hybridized carbons (Fsp3) is 0.524. The summed E-state index contributed by atoms with van der Waals surface area (Å²) in [6, 6.07) is 7.31. The fourth-order valence-electron chi connectivity index (χ4n) is 3.39. The summed E-state index contributed by atoms with van der Waals surface area (Å²) >= 11 is 1.31. The molecule has 0 spiro atoms. The minimum atomic E-state index is -0.982. The van der Waals surface area contributed by atoms with Crippen molar-refractivity contribution >= 4 is 40.6 Å². The van der Waals surface area contributed by atoms with Gasteiger partial charge in [0, 0.05) is 6.54 Å². The first-order valence-corrected chi connectivity index (χ1v) is 11.4. The number of hydrazine groups is 1. The van der Waals surface area contributed by atoms with Crippen LogP contribution in [0.1, 0.15) is 52.9 Å². The van der Waals surface area contributed by atoms with Crippen LogP contribution in [0.5, 0.6) is 0 Å². The first-order chi connectivity index (χ1) is 14.4. The van der Waals surface area contributed by atoms with Gasteiger partial charge in [0.15, 0.2) is 5.16 Å². The van der Waals surface area contributed by atoms with Gasteiger partial charge in [0.2, 0.25) is 5.91 Å². The highest BCUT2D eigenvalue weighted by molar-refractivity contribution is 7.99. The summed E-state index contributed by atoms with van der Waals surface area (Å²) in [6.45, 7) is 6.48. The molecule has 2 heterocycles. The van der Waals surface area contributed by atoms with E-state index in [0.717, 1.165) is 40.6 Å². The number of hydrogen-bond donors (Lipinski definition) is 2. The quantitative estimate of drug-likeness (QED) is 0.341. The van der Waals surface area contributed by atoms with E-state index in [1.54, 1.807) is 6.92 Å². The van der Waals surface area contributed by atoms with Gasteiger partial charge in [0.1, 0.15) is 5.54 Å². The Morgan fingerprint density at radius 1 is 1.20 bits per heavy atom. The standard InChI is InChI=1S/C21H29N5O3S/c1-4-6-7-10-13-25-16-12-9-8-11-15(16)22-20(25)30-14-17(27)24-26-18(28)21(3,5-2)23-19(26)29/h8-9,11-12H,4-7,10,13-14H2,1-3H3,(H,23,29)(H,24,27)/t21-/m1/s1. The SMILES string of the molecule is CCCCCCn1c(SCC(=O)NN2C(=O)N[C@](C)(CC)C2=O)nc2ccccc21. The number of unbranched alkanes of at least 4 members (excludes halogenated alkanes) is 3. The summed E-state index contributed by atoms with van der Waals surface area (Å²) in [5.41, 5.74) is 3.38. The minimum absolute atomic E-state index is 0.0538. The number of fused-ring (bicyclic) bond motifs is 1. The predicted molar refractivity (Wildman–Crippen MR) is 117 cm³/mol. The Kier molecular flexibility index (Phi) is 7.02. The Hall–Kier alpha value is -2.55. The lowest BCUT2D eigenvalue weighted by Gasteiger charge is -2.19. The van der Waals surface area contributed by atoms with E-state index in [1.807, 2.05) is 31.2 Å². The van der Waals surface area contributed by atoms with Crippen LogP contribution in [0.25, 0.3) is 11.0 Å². The van der Waals surface area contributed by atoms with Crippen molar-refractivity contribution in [3.63, 3.8) is 0 Å². The molecule has 1 fully saturated rings. The molecule has 0 aliphatic carbocycles. The van der Waals surface area contributed by atoms with E-state index < -0.39 is 23.4 Å². The number of carbonyl (C=O) groups excluding carboxylic acids is 3. The highest BCUT2D eigenvalue weighted by atomic mass is 32.2. The van der Waals surface area contributed by atoms with Crippen LogP contribution >= 0.6 is 11.8 Å². The number of imide groups is 1. The number of nitrogens with one attached hydrogen (secondary N) is 2. The number of rotatable bonds is 10. The zero-order valence-corrected chi connectivity index (χ0v) is 18.6. The molecule has 2 aromatic rings. The Morgan fingerprint density at radius 3 is 2.67 bits per heavy atom. The Balaban J connectivity index is 1.65. The molecule has 1 saturated heterocycles. The average molecular weight is 432 g/mol. The van der Waals surface area contributed by atoms with Crippen molar-refractivity contribution < 1.29 is 14.4 Å². The maximum Gasteiger partial charge on any atom is 0.344 e. The summed E-state index contributed by atoms with van der Waals surface area (Å²) in [5, 5.41) is 4.16. The van der Waals surface area contributed by atoms with Gasteiger partial charge in [-0.1, -0.05) is 57.0 Å². The van der Waals surface area contributed by atoms with Gasteiger partial charge in [-0.15, -0.1) is 0 Å². The van der Waals surface area contributed by atoms with Crippen molar-refractivity contribution in [1.82, 2.24) is 25.3 Å². The number of benzene rings is 1. The maximum absolute atomic E-state index is 12.4. The molecule has 1 atom stereocenters. The van der Waals surface area contributed by atoms with Crippen molar-refractivity contribution in [3.8, 4) is 0 Å². The smallest absolute Gasteiger partial charge is 0.322 e. The van der Waals surface area contributed by atoms with Crippen LogP contribution in [0.2, 0.25) is 0 Å². The van der Waals surface area contributed by atoms with Gasteiger partial charge in [0.25, 0.3) is 5.91 Å². The van der Waals surface area contributed by atoms with Crippen LogP contribution in [0.3, 0.4) is 0 Å². The maximum atomic E-state index is 12.4. The van der Waals surface area contributed by atoms with Gasteiger partial charge >= 0.3 is 6.03 Å². The van der Waals surface area contributed by atoms with E-state index in [-0.39, 0.29) is 5.75 Å². The molecule has 8 nitrogen and oxygen atoms in total. The van der Waals surface area contributed by atoms with E-state index in [2.05, 4.69) is 27.2 Å². The zero-order chi connectivity index (χ0) is 21.7. The molecule has 0 unspecified atom stereocenters. The Morgan fingerprint density at radius 2 is 1.97 bits per heavy atom. The van der Waals surface area contributed by atoms with Gasteiger partial charge in [-0.3, -0.25) is 15.0 Å². The van der Waals surface area contributed by atoms with E-state index >= 15 is 0 Å². The summed E-state index contributed by atoms with van der Waals surface area (Å²) in [5.74, 6) is -0.817. The van der Waals surface area contributed by atoms with Gasteiger partial charge in [-0.05, 0) is 31.9 Å². The van der Waals surface area contributed by atoms with Crippen LogP contribution < -0.4 is 10.7 Å². The fourth-order valence-corrected chi connectivity index (χ4v) is 4.22. The molecular formula is C21H29N5O3S. The number of para-hydroxylation sites is 2. The molecule has 0 saturated carbocycles. The second-order valence-corrected chi connectivity index (χ2v) is 8.62. The molecule has 0 radical (unpaired) electrons. The Labute approximate surface area is 180 Å². The number of amides is 4. The number of nitrogens with zero attached hydrogens (tertiary/aromatic N) is 3. The molecule has 3 rings (SSSR count). The van der Waals surface area contributed by atoms with E-state index in [1.165, 1.54) is 24.6 Å². The molecule has 30 heavy (non-hydrogen) atoms. The summed E-state index contributed by atoms with van der Waals surface area (Å²) in [7, 11) is 0. The van der Waals surface area contributed by atoms with Crippen molar-refractivity contribution in [2.45, 2.75) is 70.1 Å². The van der Waals surface area contributed by atoms with Crippen LogP contribution in [0.15, 0.2) is 29.4 Å². The first kappa shape index (κ1) is 22.1. The molecule has 1 aliphatic heterocycles. The first-order valence-electron chi connectivity index (χ1n) is 10.4. The summed E-state index contributed by atoms with van der Waals surface area (Å²) in [4.78, 5) is 41.6. The van der Waals surface area contributed by atoms with Crippen molar-refractivity contribution in [3.05, 3.63) is 24.3 Å². The number of carbonyl (C=O) groups is 3. The third kappa shape index (κ3) is 4.61. The lowest BCUT2D eigenvalue weighted by molar-refractivity contribution is -0.137. The molecule has 162 valence electrons. The molecule has 1 aliphatic rings. The van der Waals surface area contributed by atoms with Gasteiger partial charge in [-0.2, -0.15) is 5.01 Å². The summed E-state index contributed by atoms with van der Waals surface area (Å²) in [6.07, 6.45) is 5.01. The van der Waals surface area contributed by atoms with Crippen molar-refractivity contribution in [2.24, 2.45) is 0 Å². The number of hydrogen-bond acceptors (Lipinski definition) is 5. The van der Waals surface area contributed by atoms with Crippen LogP contribution in [0.4, 0.5) is 4.79 Å². The molecule has 4 amide bonds. The summed E-state index contributed by atoms with van der Waals surface area (Å²) < 4.78 is 2.14. The number of urea groups is 1. The second kappa shape index (κ2) is 9.51. The topological polar surface area (TPSA) is 96.3 Å². The Bertz CT molecular complexity index is 944. The minimum Gasteiger partial charge on any atom is -0.322 e. The number of thioether (sulfide) groups is 1. The number of aryl methyl sites for hydroxylation is 1. The monoisotopic (exact) mass is 431 g/mol. The van der Waals surface area contributed by atoms with Crippen LogP contribution in [0, 0.1) is 0 Å².